The van der Waals surface area contributed by atoms with Crippen molar-refractivity contribution in [2.24, 2.45) is 0 Å². The second kappa shape index (κ2) is 9.31. The number of esters is 1. The van der Waals surface area contributed by atoms with E-state index in [9.17, 15) is 26.8 Å². The van der Waals surface area contributed by atoms with E-state index in [1.54, 1.807) is 0 Å². The van der Waals surface area contributed by atoms with Gasteiger partial charge in [-0.05, 0) is 49.2 Å². The van der Waals surface area contributed by atoms with E-state index < -0.39 is 45.7 Å². The molecule has 1 heterocycles. The minimum atomic E-state index is -3.59. The summed E-state index contributed by atoms with van der Waals surface area (Å²) in [5, 5.41) is 2.42. The molecule has 30 heavy (non-hydrogen) atoms. The number of nitrogens with one attached hydrogen (secondary N) is 1. The fourth-order valence-corrected chi connectivity index (χ4v) is 4.57. The molecule has 2 aromatic rings. The van der Waals surface area contributed by atoms with Crippen molar-refractivity contribution in [2.45, 2.75) is 24.2 Å². The molecule has 1 aliphatic rings. The molecule has 0 unspecified atom stereocenters. The fraction of sp³-hybridized carbons (Fsp3) is 0.300. The number of carbonyl (C=O) groups is 2. The van der Waals surface area contributed by atoms with Gasteiger partial charge in [0.15, 0.2) is 6.61 Å². The molecule has 1 aliphatic heterocycles. The number of piperidine rings is 1. The van der Waals surface area contributed by atoms with Crippen molar-refractivity contribution in [3.05, 3.63) is 59.7 Å². The van der Waals surface area contributed by atoms with Gasteiger partial charge in [0.1, 0.15) is 17.2 Å². The topological polar surface area (TPSA) is 92.8 Å². The van der Waals surface area contributed by atoms with Crippen LogP contribution in [0.25, 0.3) is 0 Å². The summed E-state index contributed by atoms with van der Waals surface area (Å²) in [7, 11) is -3.59. The van der Waals surface area contributed by atoms with Crippen LogP contribution in [0.2, 0.25) is 0 Å². The normalized spacial score (nSPS) is 14.9. The van der Waals surface area contributed by atoms with Gasteiger partial charge in [0, 0.05) is 18.8 Å². The number of benzene rings is 2. The number of sulfonamides is 1. The number of ether oxygens (including phenoxy) is 1. The number of nitrogens with zero attached hydrogens (tertiary/aromatic N) is 1. The summed E-state index contributed by atoms with van der Waals surface area (Å²) in [6, 6.07) is 8.47. The summed E-state index contributed by atoms with van der Waals surface area (Å²) in [4.78, 5) is 23.9. The molecule has 1 N–H and O–H groups in total. The molecule has 0 aliphatic carbocycles. The predicted molar refractivity (Wildman–Crippen MR) is 104 cm³/mol. The van der Waals surface area contributed by atoms with Crippen LogP contribution in [0.15, 0.2) is 47.4 Å². The highest BCUT2D eigenvalue weighted by Crippen LogP contribution is 2.22. The Balaban J connectivity index is 1.57. The Bertz CT molecular complexity index is 1020. The highest BCUT2D eigenvalue weighted by atomic mass is 32.2. The van der Waals surface area contributed by atoms with Gasteiger partial charge in [-0.25, -0.2) is 22.0 Å². The van der Waals surface area contributed by atoms with E-state index in [0.29, 0.717) is 13.1 Å². The Morgan fingerprint density at radius 3 is 2.17 bits per heavy atom. The van der Waals surface area contributed by atoms with Crippen molar-refractivity contribution >= 4 is 27.6 Å². The van der Waals surface area contributed by atoms with Gasteiger partial charge in [0.25, 0.3) is 5.91 Å². The standard InChI is InChI=1S/C20H20F2N2O5S/c21-16-5-4-6-17(22)19(16)20(26)29-13-18(25)23-14-7-9-15(10-8-14)30(27,28)24-11-2-1-3-12-24/h4-10H,1-3,11-13H2,(H,23,25). The number of carbonyl (C=O) groups excluding carboxylic acids is 2. The molecular weight excluding hydrogens is 418 g/mol. The maximum atomic E-state index is 13.5. The molecule has 160 valence electrons. The summed E-state index contributed by atoms with van der Waals surface area (Å²) in [6.45, 7) is 0.198. The summed E-state index contributed by atoms with van der Waals surface area (Å²) in [6.07, 6.45) is 2.65. The van der Waals surface area contributed by atoms with Crippen molar-refractivity contribution in [1.82, 2.24) is 4.31 Å². The summed E-state index contributed by atoms with van der Waals surface area (Å²) in [5.41, 5.74) is -0.594. The van der Waals surface area contributed by atoms with Gasteiger partial charge in [-0.15, -0.1) is 0 Å². The van der Waals surface area contributed by atoms with Crippen LogP contribution >= 0.6 is 0 Å². The quantitative estimate of drug-likeness (QED) is 0.700. The van der Waals surface area contributed by atoms with Crippen LogP contribution < -0.4 is 5.32 Å². The van der Waals surface area contributed by atoms with Crippen molar-refractivity contribution in [3.63, 3.8) is 0 Å². The average molecular weight is 438 g/mol. The van der Waals surface area contributed by atoms with E-state index in [1.165, 1.54) is 28.6 Å². The van der Waals surface area contributed by atoms with Gasteiger partial charge >= 0.3 is 5.97 Å². The SMILES string of the molecule is O=C(COC(=O)c1c(F)cccc1F)Nc1ccc(S(=O)(=O)N2CCCCC2)cc1. The largest absolute Gasteiger partial charge is 0.452 e. The van der Waals surface area contributed by atoms with E-state index in [2.05, 4.69) is 10.1 Å². The van der Waals surface area contributed by atoms with Gasteiger partial charge in [0.2, 0.25) is 10.0 Å². The van der Waals surface area contributed by atoms with Gasteiger partial charge < -0.3 is 10.1 Å². The number of rotatable bonds is 6. The maximum Gasteiger partial charge on any atom is 0.344 e. The first-order valence-electron chi connectivity index (χ1n) is 9.30. The molecule has 0 bridgehead atoms. The first-order chi connectivity index (χ1) is 14.3. The van der Waals surface area contributed by atoms with E-state index in [1.807, 2.05) is 0 Å². The minimum Gasteiger partial charge on any atom is -0.452 e. The number of hydrogen-bond acceptors (Lipinski definition) is 5. The van der Waals surface area contributed by atoms with Gasteiger partial charge in [-0.2, -0.15) is 4.31 Å². The molecule has 1 fully saturated rings. The van der Waals surface area contributed by atoms with Gasteiger partial charge in [-0.1, -0.05) is 12.5 Å². The van der Waals surface area contributed by atoms with Crippen molar-refractivity contribution in [3.8, 4) is 0 Å². The second-order valence-electron chi connectivity index (χ2n) is 6.71. The Morgan fingerprint density at radius 1 is 0.967 bits per heavy atom. The molecule has 0 spiro atoms. The molecule has 1 saturated heterocycles. The van der Waals surface area contributed by atoms with Gasteiger partial charge in [0.05, 0.1) is 4.90 Å². The van der Waals surface area contributed by atoms with Crippen molar-refractivity contribution in [2.75, 3.05) is 25.0 Å². The molecule has 0 saturated carbocycles. The number of halogens is 2. The van der Waals surface area contributed by atoms with E-state index in [-0.39, 0.29) is 10.6 Å². The van der Waals surface area contributed by atoms with Crippen molar-refractivity contribution < 1.29 is 31.5 Å². The number of anilines is 1. The summed E-state index contributed by atoms with van der Waals surface area (Å²) < 4.78 is 58.4. The molecule has 0 radical (unpaired) electrons. The molecule has 10 heteroatoms. The molecule has 1 amide bonds. The lowest BCUT2D eigenvalue weighted by molar-refractivity contribution is -0.119. The third kappa shape index (κ3) is 5.00. The zero-order chi connectivity index (χ0) is 21.7. The highest BCUT2D eigenvalue weighted by Gasteiger charge is 2.25. The minimum absolute atomic E-state index is 0.115. The van der Waals surface area contributed by atoms with Crippen LogP contribution in [0.4, 0.5) is 14.5 Å². The third-order valence-corrected chi connectivity index (χ3v) is 6.50. The van der Waals surface area contributed by atoms with Crippen LogP contribution in [0, 0.1) is 11.6 Å². The highest BCUT2D eigenvalue weighted by molar-refractivity contribution is 7.89. The van der Waals surface area contributed by atoms with Crippen LogP contribution in [0.1, 0.15) is 29.6 Å². The van der Waals surface area contributed by atoms with E-state index >= 15 is 0 Å². The van der Waals surface area contributed by atoms with Crippen molar-refractivity contribution in [1.29, 1.82) is 0 Å². The Morgan fingerprint density at radius 2 is 1.57 bits per heavy atom. The monoisotopic (exact) mass is 438 g/mol. The van der Waals surface area contributed by atoms with Crippen LogP contribution in [0.5, 0.6) is 0 Å². The number of amides is 1. The molecule has 0 aromatic heterocycles. The van der Waals surface area contributed by atoms with E-state index in [0.717, 1.165) is 37.5 Å². The van der Waals surface area contributed by atoms with E-state index in [4.69, 9.17) is 0 Å². The zero-order valence-electron chi connectivity index (χ0n) is 15.9. The maximum absolute atomic E-state index is 13.5. The average Bonchev–Trinajstić information content (AvgIpc) is 2.73. The lowest BCUT2D eigenvalue weighted by atomic mass is 10.2. The van der Waals surface area contributed by atoms with Gasteiger partial charge in [-0.3, -0.25) is 4.79 Å². The molecule has 2 aromatic carbocycles. The van der Waals surface area contributed by atoms with Crippen LogP contribution in [-0.2, 0) is 19.6 Å². The fourth-order valence-electron chi connectivity index (χ4n) is 3.06. The first kappa shape index (κ1) is 21.8. The molecule has 7 nitrogen and oxygen atoms in total. The third-order valence-electron chi connectivity index (χ3n) is 4.59. The molecule has 3 rings (SSSR count). The Kier molecular flexibility index (Phi) is 6.78. The lowest BCUT2D eigenvalue weighted by Gasteiger charge is -2.25. The summed E-state index contributed by atoms with van der Waals surface area (Å²) in [5.74, 6) is -4.23. The van der Waals surface area contributed by atoms with Crippen LogP contribution in [0.3, 0.4) is 0 Å². The first-order valence-corrected chi connectivity index (χ1v) is 10.7. The number of hydrogen-bond donors (Lipinski definition) is 1. The summed E-state index contributed by atoms with van der Waals surface area (Å²) >= 11 is 0. The Labute approximate surface area is 172 Å². The molecule has 0 atom stereocenters. The lowest BCUT2D eigenvalue weighted by Crippen LogP contribution is -2.35. The second-order valence-corrected chi connectivity index (χ2v) is 8.65. The smallest absolute Gasteiger partial charge is 0.344 e. The van der Waals surface area contributed by atoms with Crippen LogP contribution in [-0.4, -0.2) is 44.3 Å². The zero-order valence-corrected chi connectivity index (χ0v) is 16.8. The molecular formula is C20H20F2N2O5S. The Hall–Kier alpha value is -2.85. The predicted octanol–water partition coefficient (Wildman–Crippen LogP) is 2.93.